The van der Waals surface area contributed by atoms with Gasteiger partial charge in [-0.3, -0.25) is 9.59 Å². The molecule has 0 aliphatic carbocycles. The Hall–Kier alpha value is -3.59. The van der Waals surface area contributed by atoms with Gasteiger partial charge in [0.05, 0.1) is 25.7 Å². The van der Waals surface area contributed by atoms with Crippen LogP contribution in [-0.4, -0.2) is 42.0 Å². The predicted molar refractivity (Wildman–Crippen MR) is 115 cm³/mol. The average Bonchev–Trinajstić information content (AvgIpc) is 2.78. The summed E-state index contributed by atoms with van der Waals surface area (Å²) in [7, 11) is 3.18. The fourth-order valence-corrected chi connectivity index (χ4v) is 3.22. The van der Waals surface area contributed by atoms with E-state index in [1.165, 1.54) is 11.8 Å². The fraction of sp³-hybridized carbons (Fsp3) is 0.143. The number of methoxy groups -OCH3 is 2. The largest absolute Gasteiger partial charge is 0.497 e. The summed E-state index contributed by atoms with van der Waals surface area (Å²) >= 11 is 1.26. The minimum Gasteiger partial charge on any atom is -0.497 e. The average molecular weight is 424 g/mol. The Labute approximate surface area is 177 Å². The Bertz CT molecular complexity index is 1040. The van der Waals surface area contributed by atoms with Crippen molar-refractivity contribution in [1.82, 2.24) is 10.2 Å². The van der Waals surface area contributed by atoms with Crippen molar-refractivity contribution in [3.05, 3.63) is 60.2 Å². The summed E-state index contributed by atoms with van der Waals surface area (Å²) in [4.78, 5) is 23.2. The lowest BCUT2D eigenvalue weighted by molar-refractivity contribution is -0.113. The molecule has 3 rings (SSSR count). The highest BCUT2D eigenvalue weighted by molar-refractivity contribution is 7.99. The number of thioether (sulfide) groups is 1. The SMILES string of the molecule is COc1ccc(OC)c(-c2ccc(SCC(=O)Nc3ccc(C(N)=O)cc3)nn2)c1. The summed E-state index contributed by atoms with van der Waals surface area (Å²) < 4.78 is 10.6. The van der Waals surface area contributed by atoms with Gasteiger partial charge in [-0.15, -0.1) is 10.2 Å². The second-order valence-electron chi connectivity index (χ2n) is 6.10. The molecule has 8 nitrogen and oxygen atoms in total. The topological polar surface area (TPSA) is 116 Å². The molecule has 30 heavy (non-hydrogen) atoms. The van der Waals surface area contributed by atoms with Gasteiger partial charge in [0.25, 0.3) is 0 Å². The molecule has 0 saturated carbocycles. The number of aromatic nitrogens is 2. The number of nitrogens with two attached hydrogens (primary N) is 1. The molecule has 0 aliphatic rings. The first-order chi connectivity index (χ1) is 14.5. The summed E-state index contributed by atoms with van der Waals surface area (Å²) in [5, 5.41) is 11.8. The zero-order valence-corrected chi connectivity index (χ0v) is 17.2. The van der Waals surface area contributed by atoms with Crippen LogP contribution < -0.4 is 20.5 Å². The Balaban J connectivity index is 1.61. The second kappa shape index (κ2) is 9.75. The Morgan fingerprint density at radius 2 is 1.77 bits per heavy atom. The number of rotatable bonds is 8. The van der Waals surface area contributed by atoms with Crippen LogP contribution in [0.1, 0.15) is 10.4 Å². The Morgan fingerprint density at radius 3 is 2.37 bits per heavy atom. The van der Waals surface area contributed by atoms with E-state index in [1.54, 1.807) is 56.7 Å². The van der Waals surface area contributed by atoms with Gasteiger partial charge in [0, 0.05) is 16.8 Å². The predicted octanol–water partition coefficient (Wildman–Crippen LogP) is 2.99. The molecule has 2 aromatic carbocycles. The van der Waals surface area contributed by atoms with Gasteiger partial charge in [-0.1, -0.05) is 11.8 Å². The molecule has 0 fully saturated rings. The van der Waals surface area contributed by atoms with E-state index >= 15 is 0 Å². The van der Waals surface area contributed by atoms with Crippen LogP contribution in [0.15, 0.2) is 59.6 Å². The number of nitrogens with one attached hydrogen (secondary N) is 1. The van der Waals surface area contributed by atoms with E-state index in [-0.39, 0.29) is 11.7 Å². The van der Waals surface area contributed by atoms with Crippen molar-refractivity contribution in [3.8, 4) is 22.8 Å². The quantitative estimate of drug-likeness (QED) is 0.534. The molecule has 0 aliphatic heterocycles. The zero-order valence-electron chi connectivity index (χ0n) is 16.4. The lowest BCUT2D eigenvalue weighted by Gasteiger charge is -2.10. The third kappa shape index (κ3) is 5.26. The highest BCUT2D eigenvalue weighted by Crippen LogP contribution is 2.32. The molecule has 0 radical (unpaired) electrons. The first-order valence-corrected chi connectivity index (χ1v) is 9.87. The monoisotopic (exact) mass is 424 g/mol. The Kier molecular flexibility index (Phi) is 6.87. The molecular weight excluding hydrogens is 404 g/mol. The number of benzene rings is 2. The molecule has 3 N–H and O–H groups in total. The maximum Gasteiger partial charge on any atom is 0.248 e. The summed E-state index contributed by atoms with van der Waals surface area (Å²) in [6, 6.07) is 15.4. The third-order valence-corrected chi connectivity index (χ3v) is 5.05. The van der Waals surface area contributed by atoms with Crippen LogP contribution >= 0.6 is 11.8 Å². The van der Waals surface area contributed by atoms with Crippen LogP contribution in [-0.2, 0) is 4.79 Å². The van der Waals surface area contributed by atoms with E-state index in [0.29, 0.717) is 33.5 Å². The molecule has 0 atom stereocenters. The Morgan fingerprint density at radius 1 is 1.00 bits per heavy atom. The summed E-state index contributed by atoms with van der Waals surface area (Å²) in [6.45, 7) is 0. The zero-order chi connectivity index (χ0) is 21.5. The van der Waals surface area contributed by atoms with Crippen molar-refractivity contribution in [2.75, 3.05) is 25.3 Å². The first-order valence-electron chi connectivity index (χ1n) is 8.89. The smallest absolute Gasteiger partial charge is 0.248 e. The molecule has 154 valence electrons. The van der Waals surface area contributed by atoms with E-state index in [0.717, 1.165) is 5.56 Å². The molecule has 1 aromatic heterocycles. The van der Waals surface area contributed by atoms with Crippen LogP contribution in [0.5, 0.6) is 11.5 Å². The molecule has 1 heterocycles. The van der Waals surface area contributed by atoms with E-state index in [4.69, 9.17) is 15.2 Å². The van der Waals surface area contributed by atoms with Gasteiger partial charge in [-0.25, -0.2) is 0 Å². The van der Waals surface area contributed by atoms with Crippen LogP contribution in [0.3, 0.4) is 0 Å². The normalized spacial score (nSPS) is 10.3. The van der Waals surface area contributed by atoms with Crippen molar-refractivity contribution < 1.29 is 19.1 Å². The third-order valence-electron chi connectivity index (χ3n) is 4.13. The number of primary amides is 1. The summed E-state index contributed by atoms with van der Waals surface area (Å²) in [6.07, 6.45) is 0. The number of hydrogen-bond acceptors (Lipinski definition) is 7. The maximum absolute atomic E-state index is 12.1. The lowest BCUT2D eigenvalue weighted by Crippen LogP contribution is -2.15. The van der Waals surface area contributed by atoms with Gasteiger partial charge < -0.3 is 20.5 Å². The lowest BCUT2D eigenvalue weighted by atomic mass is 10.1. The van der Waals surface area contributed by atoms with Gasteiger partial charge in [-0.05, 0) is 54.6 Å². The standard InChI is InChI=1S/C21H20N4O4S/c1-28-15-7-9-18(29-2)16(11-15)17-8-10-20(25-24-17)30-12-19(26)23-14-5-3-13(4-6-14)21(22)27/h3-11H,12H2,1-2H3,(H2,22,27)(H,23,26). The van der Waals surface area contributed by atoms with E-state index in [9.17, 15) is 9.59 Å². The fourth-order valence-electron chi connectivity index (χ4n) is 2.61. The van der Waals surface area contributed by atoms with Crippen molar-refractivity contribution in [2.24, 2.45) is 5.73 Å². The second-order valence-corrected chi connectivity index (χ2v) is 7.10. The molecule has 2 amide bonds. The highest BCUT2D eigenvalue weighted by atomic mass is 32.2. The van der Waals surface area contributed by atoms with Crippen LogP contribution in [0.4, 0.5) is 5.69 Å². The van der Waals surface area contributed by atoms with Crippen LogP contribution in [0.25, 0.3) is 11.3 Å². The van der Waals surface area contributed by atoms with Crippen LogP contribution in [0, 0.1) is 0 Å². The number of nitrogens with zero attached hydrogens (tertiary/aromatic N) is 2. The number of amides is 2. The van der Waals surface area contributed by atoms with Crippen LogP contribution in [0.2, 0.25) is 0 Å². The molecule has 3 aromatic rings. The van der Waals surface area contributed by atoms with E-state index in [2.05, 4.69) is 15.5 Å². The minimum absolute atomic E-state index is 0.161. The van der Waals surface area contributed by atoms with Crippen molar-refractivity contribution in [3.63, 3.8) is 0 Å². The number of carbonyl (C=O) groups excluding carboxylic acids is 2. The van der Waals surface area contributed by atoms with Gasteiger partial charge in [0.1, 0.15) is 16.5 Å². The molecule has 0 bridgehead atoms. The molecule has 0 saturated heterocycles. The van der Waals surface area contributed by atoms with E-state index in [1.807, 2.05) is 12.1 Å². The molecule has 0 spiro atoms. The van der Waals surface area contributed by atoms with Gasteiger partial charge in [0.2, 0.25) is 11.8 Å². The van der Waals surface area contributed by atoms with Gasteiger partial charge in [0.15, 0.2) is 0 Å². The van der Waals surface area contributed by atoms with Gasteiger partial charge >= 0.3 is 0 Å². The number of anilines is 1. The number of ether oxygens (including phenoxy) is 2. The first kappa shape index (κ1) is 21.1. The maximum atomic E-state index is 12.1. The van der Waals surface area contributed by atoms with Crippen molar-refractivity contribution in [2.45, 2.75) is 5.03 Å². The molecular formula is C21H20N4O4S. The summed E-state index contributed by atoms with van der Waals surface area (Å²) in [5.41, 5.74) is 7.56. The van der Waals surface area contributed by atoms with Gasteiger partial charge in [-0.2, -0.15) is 0 Å². The summed E-state index contributed by atoms with van der Waals surface area (Å²) in [5.74, 6) is 0.789. The van der Waals surface area contributed by atoms with E-state index < -0.39 is 5.91 Å². The molecule has 0 unspecified atom stereocenters. The van der Waals surface area contributed by atoms with Crippen molar-refractivity contribution >= 4 is 29.3 Å². The minimum atomic E-state index is -0.517. The molecule has 9 heteroatoms. The number of carbonyl (C=O) groups is 2. The van der Waals surface area contributed by atoms with Crippen molar-refractivity contribution in [1.29, 1.82) is 0 Å². The number of hydrogen-bond donors (Lipinski definition) is 2. The highest BCUT2D eigenvalue weighted by Gasteiger charge is 2.11.